The summed E-state index contributed by atoms with van der Waals surface area (Å²) in [4.78, 5) is 20.6. The Labute approximate surface area is 109 Å². The molecule has 19 heavy (non-hydrogen) atoms. The number of ether oxygens (including phenoxy) is 1. The molecule has 0 rings (SSSR count). The molecule has 0 heterocycles. The second-order valence-electron chi connectivity index (χ2n) is 3.24. The standard InChI is InChI=1S/C7H12N2O8S2/c1-4-17-7(10)6(9(11)12)5-8(18(2,13)14)19(3,15)16/h5H,4H2,1-3H3. The van der Waals surface area contributed by atoms with Crippen LogP contribution in [-0.2, 0) is 29.6 Å². The Morgan fingerprint density at radius 1 is 1.26 bits per heavy atom. The highest BCUT2D eigenvalue weighted by Crippen LogP contribution is 2.11. The van der Waals surface area contributed by atoms with Crippen LogP contribution in [0.1, 0.15) is 6.92 Å². The van der Waals surface area contributed by atoms with Gasteiger partial charge in [-0.1, -0.05) is 0 Å². The van der Waals surface area contributed by atoms with E-state index in [2.05, 4.69) is 4.74 Å². The molecule has 0 saturated carbocycles. The minimum Gasteiger partial charge on any atom is -0.458 e. The third-order valence-electron chi connectivity index (χ3n) is 1.56. The quantitative estimate of drug-likeness (QED) is 0.260. The van der Waals surface area contributed by atoms with E-state index in [1.165, 1.54) is 6.92 Å². The summed E-state index contributed by atoms with van der Waals surface area (Å²) in [5, 5.41) is 10.6. The fourth-order valence-corrected chi connectivity index (χ4v) is 3.47. The minimum absolute atomic E-state index is 0.0999. The van der Waals surface area contributed by atoms with Gasteiger partial charge in [-0.15, -0.1) is 0 Å². The predicted molar refractivity (Wildman–Crippen MR) is 63.2 cm³/mol. The van der Waals surface area contributed by atoms with E-state index >= 15 is 0 Å². The van der Waals surface area contributed by atoms with Crippen molar-refractivity contribution in [2.75, 3.05) is 19.1 Å². The van der Waals surface area contributed by atoms with Gasteiger partial charge in [0.05, 0.1) is 24.0 Å². The molecule has 0 radical (unpaired) electrons. The van der Waals surface area contributed by atoms with Crippen LogP contribution in [0.4, 0.5) is 0 Å². The molecule has 0 aromatic carbocycles. The molecule has 12 heteroatoms. The van der Waals surface area contributed by atoms with Gasteiger partial charge in [-0.2, -0.15) is 3.71 Å². The highest BCUT2D eigenvalue weighted by Gasteiger charge is 2.31. The van der Waals surface area contributed by atoms with Crippen molar-refractivity contribution >= 4 is 26.0 Å². The molecule has 110 valence electrons. The lowest BCUT2D eigenvalue weighted by Crippen LogP contribution is -2.32. The first-order chi connectivity index (χ1) is 8.41. The summed E-state index contributed by atoms with van der Waals surface area (Å²) >= 11 is 0. The average molecular weight is 316 g/mol. The normalized spacial score (nSPS) is 12.9. The fraction of sp³-hybridized carbons (Fsp3) is 0.571. The molecule has 0 saturated heterocycles. The molecule has 0 aromatic heterocycles. The Balaban J connectivity index is 5.91. The van der Waals surface area contributed by atoms with Crippen LogP contribution in [-0.4, -0.2) is 50.6 Å². The second kappa shape index (κ2) is 5.97. The monoisotopic (exact) mass is 316 g/mol. The van der Waals surface area contributed by atoms with Crippen molar-refractivity contribution in [3.05, 3.63) is 22.0 Å². The number of nitro groups is 1. The highest BCUT2D eigenvalue weighted by molar-refractivity contribution is 8.03. The molecular formula is C7H12N2O8S2. The lowest BCUT2D eigenvalue weighted by Gasteiger charge is -2.14. The van der Waals surface area contributed by atoms with E-state index in [0.29, 0.717) is 12.5 Å². The summed E-state index contributed by atoms with van der Waals surface area (Å²) in [7, 11) is -8.69. The van der Waals surface area contributed by atoms with Gasteiger partial charge in [0.15, 0.2) is 0 Å². The average Bonchev–Trinajstić information content (AvgIpc) is 2.13. The van der Waals surface area contributed by atoms with Crippen molar-refractivity contribution in [3.8, 4) is 0 Å². The molecule has 0 aliphatic rings. The highest BCUT2D eigenvalue weighted by atomic mass is 32.3. The first-order valence-electron chi connectivity index (χ1n) is 4.64. The van der Waals surface area contributed by atoms with Crippen molar-refractivity contribution in [3.63, 3.8) is 0 Å². The molecule has 0 atom stereocenters. The Hall–Kier alpha value is -1.69. The lowest BCUT2D eigenvalue weighted by molar-refractivity contribution is -0.421. The van der Waals surface area contributed by atoms with E-state index in [1.54, 1.807) is 0 Å². The Kier molecular flexibility index (Phi) is 5.44. The van der Waals surface area contributed by atoms with Crippen LogP contribution in [0, 0.1) is 10.1 Å². The maximum atomic E-state index is 11.2. The van der Waals surface area contributed by atoms with Crippen LogP contribution in [0.15, 0.2) is 11.9 Å². The Morgan fingerprint density at radius 2 is 1.68 bits per heavy atom. The zero-order chi connectivity index (χ0) is 15.4. The summed E-state index contributed by atoms with van der Waals surface area (Å²) in [6, 6.07) is 0. The minimum atomic E-state index is -4.34. The molecule has 10 nitrogen and oxygen atoms in total. The molecular weight excluding hydrogens is 304 g/mol. The Bertz CT molecular complexity index is 571. The number of esters is 1. The number of sulfonamides is 2. The zero-order valence-electron chi connectivity index (χ0n) is 10.3. The number of nitrogens with zero attached hydrogens (tertiary/aromatic N) is 2. The van der Waals surface area contributed by atoms with Gasteiger partial charge in [0, 0.05) is 0 Å². The molecule has 0 aliphatic heterocycles. The number of hydrogen-bond acceptors (Lipinski definition) is 8. The maximum absolute atomic E-state index is 11.2. The van der Waals surface area contributed by atoms with Gasteiger partial charge >= 0.3 is 11.7 Å². The van der Waals surface area contributed by atoms with E-state index in [4.69, 9.17) is 0 Å². The van der Waals surface area contributed by atoms with E-state index in [0.717, 1.165) is 0 Å². The summed E-state index contributed by atoms with van der Waals surface area (Å²) in [5.74, 6) is -1.44. The predicted octanol–water partition coefficient (Wildman–Crippen LogP) is -1.11. The largest absolute Gasteiger partial charge is 0.458 e. The van der Waals surface area contributed by atoms with Gasteiger partial charge in [-0.05, 0) is 6.92 Å². The molecule has 0 N–H and O–H groups in total. The van der Waals surface area contributed by atoms with Crippen molar-refractivity contribution in [1.82, 2.24) is 3.71 Å². The summed E-state index contributed by atoms with van der Waals surface area (Å²) < 4.78 is 49.0. The summed E-state index contributed by atoms with van der Waals surface area (Å²) in [6.07, 6.45) is 1.14. The van der Waals surface area contributed by atoms with Gasteiger partial charge in [0.1, 0.15) is 6.20 Å². The molecule has 0 aromatic rings. The fourth-order valence-electron chi connectivity index (χ4n) is 0.917. The molecule has 0 spiro atoms. The topological polar surface area (TPSA) is 141 Å². The molecule has 0 fully saturated rings. The van der Waals surface area contributed by atoms with Gasteiger partial charge in [-0.25, -0.2) is 21.6 Å². The molecule has 0 amide bonds. The maximum Gasteiger partial charge on any atom is 0.411 e. The van der Waals surface area contributed by atoms with Crippen molar-refractivity contribution in [2.45, 2.75) is 6.92 Å². The number of rotatable bonds is 6. The van der Waals surface area contributed by atoms with Gasteiger partial charge in [0.25, 0.3) is 0 Å². The SMILES string of the molecule is CCOC(=O)C(=CN(S(C)(=O)=O)S(C)(=O)=O)[N+](=O)[O-]. The van der Waals surface area contributed by atoms with E-state index in [1.807, 2.05) is 0 Å². The van der Waals surface area contributed by atoms with E-state index in [-0.39, 0.29) is 16.5 Å². The summed E-state index contributed by atoms with van der Waals surface area (Å²) in [6.45, 7) is 1.18. The van der Waals surface area contributed by atoms with E-state index in [9.17, 15) is 31.7 Å². The molecule has 0 bridgehead atoms. The van der Waals surface area contributed by atoms with Crippen molar-refractivity contribution in [1.29, 1.82) is 0 Å². The van der Waals surface area contributed by atoms with Crippen LogP contribution >= 0.6 is 0 Å². The molecule has 0 aliphatic carbocycles. The van der Waals surface area contributed by atoms with Crippen molar-refractivity contribution in [2.24, 2.45) is 0 Å². The number of hydrogen-bond donors (Lipinski definition) is 0. The smallest absolute Gasteiger partial charge is 0.411 e. The van der Waals surface area contributed by atoms with Gasteiger partial charge in [-0.3, -0.25) is 10.1 Å². The Morgan fingerprint density at radius 3 is 1.95 bits per heavy atom. The zero-order valence-corrected chi connectivity index (χ0v) is 11.9. The first-order valence-corrected chi connectivity index (χ1v) is 8.33. The van der Waals surface area contributed by atoms with E-state index < -0.39 is 36.6 Å². The first kappa shape index (κ1) is 17.3. The van der Waals surface area contributed by atoms with Crippen LogP contribution < -0.4 is 0 Å². The summed E-state index contributed by atoms with van der Waals surface area (Å²) in [5.41, 5.74) is -1.31. The van der Waals surface area contributed by atoms with Crippen LogP contribution in [0.3, 0.4) is 0 Å². The van der Waals surface area contributed by atoms with Gasteiger partial charge in [0.2, 0.25) is 20.0 Å². The number of carbonyl (C=O) groups excluding carboxylic acids is 1. The van der Waals surface area contributed by atoms with Gasteiger partial charge < -0.3 is 4.74 Å². The third kappa shape index (κ3) is 5.21. The molecule has 0 unspecified atom stereocenters. The van der Waals surface area contributed by atoms with Crippen molar-refractivity contribution < 1.29 is 31.3 Å². The van der Waals surface area contributed by atoms with Crippen LogP contribution in [0.2, 0.25) is 0 Å². The second-order valence-corrected chi connectivity index (χ2v) is 7.19. The third-order valence-corrected chi connectivity index (χ3v) is 4.71. The number of carbonyl (C=O) groups is 1. The lowest BCUT2D eigenvalue weighted by atomic mass is 10.5. The van der Waals surface area contributed by atoms with Crippen LogP contribution in [0.5, 0.6) is 0 Å². The van der Waals surface area contributed by atoms with Crippen LogP contribution in [0.25, 0.3) is 0 Å².